The second-order valence-corrected chi connectivity index (χ2v) is 6.70. The van der Waals surface area contributed by atoms with Crippen molar-refractivity contribution in [1.29, 1.82) is 0 Å². The Bertz CT molecular complexity index is 667. The largest absolute Gasteiger partial charge is 0.497 e. The number of hydrogen-bond donors (Lipinski definition) is 2. The molecule has 2 atom stereocenters. The minimum Gasteiger partial charge on any atom is -0.497 e. The molecule has 0 saturated carbocycles. The standard InChI is InChI=1S/C20H31N3O5/c1-5-21-20(25)23-12-16(15-11-14(27-3)7-8-18(15)28-4)17(13-23)19(24)22-9-6-10-26-2/h7-8,11,16-17H,5-6,9-10,12-13H2,1-4H3,(H,21,25)(H,22,24)/t16-,17-/m0/s1. The van der Waals surface area contributed by atoms with E-state index in [-0.39, 0.29) is 23.8 Å². The molecule has 1 saturated heterocycles. The molecule has 1 aromatic rings. The zero-order valence-corrected chi connectivity index (χ0v) is 17.1. The van der Waals surface area contributed by atoms with E-state index in [1.165, 1.54) is 0 Å². The van der Waals surface area contributed by atoms with E-state index in [1.807, 2.05) is 25.1 Å². The van der Waals surface area contributed by atoms with E-state index >= 15 is 0 Å². The first-order chi connectivity index (χ1) is 13.5. The van der Waals surface area contributed by atoms with Gasteiger partial charge in [-0.15, -0.1) is 0 Å². The van der Waals surface area contributed by atoms with Gasteiger partial charge in [0.1, 0.15) is 11.5 Å². The highest BCUT2D eigenvalue weighted by atomic mass is 16.5. The van der Waals surface area contributed by atoms with Crippen molar-refractivity contribution in [3.63, 3.8) is 0 Å². The predicted octanol–water partition coefficient (Wildman–Crippen LogP) is 1.60. The average molecular weight is 393 g/mol. The van der Waals surface area contributed by atoms with Crippen molar-refractivity contribution >= 4 is 11.9 Å². The molecule has 3 amide bonds. The Labute approximate surface area is 166 Å². The number of hydrogen-bond acceptors (Lipinski definition) is 5. The van der Waals surface area contributed by atoms with E-state index in [2.05, 4.69) is 10.6 Å². The third-order valence-electron chi connectivity index (χ3n) is 4.93. The molecule has 2 rings (SSSR count). The van der Waals surface area contributed by atoms with Crippen LogP contribution in [0, 0.1) is 5.92 Å². The molecule has 156 valence electrons. The first kappa shape index (κ1) is 21.8. The van der Waals surface area contributed by atoms with Gasteiger partial charge >= 0.3 is 6.03 Å². The molecule has 1 aliphatic rings. The Hall–Kier alpha value is -2.48. The van der Waals surface area contributed by atoms with Crippen LogP contribution in [-0.4, -0.2) is 71.0 Å². The van der Waals surface area contributed by atoms with Crippen LogP contribution >= 0.6 is 0 Å². The molecule has 0 aromatic heterocycles. The minimum absolute atomic E-state index is 0.0715. The summed E-state index contributed by atoms with van der Waals surface area (Å²) in [5.41, 5.74) is 0.866. The molecule has 2 N–H and O–H groups in total. The molecule has 0 spiro atoms. The molecule has 0 bridgehead atoms. The molecule has 1 heterocycles. The maximum absolute atomic E-state index is 12.9. The maximum Gasteiger partial charge on any atom is 0.317 e. The van der Waals surface area contributed by atoms with Gasteiger partial charge in [0, 0.05) is 51.4 Å². The number of benzene rings is 1. The van der Waals surface area contributed by atoms with Crippen molar-refractivity contribution in [3.05, 3.63) is 23.8 Å². The molecular formula is C20H31N3O5. The van der Waals surface area contributed by atoms with Crippen molar-refractivity contribution in [3.8, 4) is 11.5 Å². The summed E-state index contributed by atoms with van der Waals surface area (Å²) < 4.78 is 15.9. The molecule has 1 fully saturated rings. The van der Waals surface area contributed by atoms with Gasteiger partial charge in [0.15, 0.2) is 0 Å². The quantitative estimate of drug-likeness (QED) is 0.622. The van der Waals surface area contributed by atoms with Crippen molar-refractivity contribution in [1.82, 2.24) is 15.5 Å². The van der Waals surface area contributed by atoms with Gasteiger partial charge in [-0.2, -0.15) is 0 Å². The summed E-state index contributed by atoms with van der Waals surface area (Å²) >= 11 is 0. The van der Waals surface area contributed by atoms with E-state index in [4.69, 9.17) is 14.2 Å². The molecule has 0 unspecified atom stereocenters. The summed E-state index contributed by atoms with van der Waals surface area (Å²) in [4.78, 5) is 27.0. The lowest BCUT2D eigenvalue weighted by atomic mass is 9.87. The lowest BCUT2D eigenvalue weighted by molar-refractivity contribution is -0.124. The Balaban J connectivity index is 2.26. The lowest BCUT2D eigenvalue weighted by Gasteiger charge is -2.21. The number of carbonyl (C=O) groups is 2. The van der Waals surface area contributed by atoms with Crippen molar-refractivity contribution in [2.45, 2.75) is 19.3 Å². The molecule has 1 aliphatic heterocycles. The van der Waals surface area contributed by atoms with Gasteiger partial charge in [0.05, 0.1) is 20.1 Å². The predicted molar refractivity (Wildman–Crippen MR) is 106 cm³/mol. The summed E-state index contributed by atoms with van der Waals surface area (Å²) in [5, 5.41) is 5.78. The second-order valence-electron chi connectivity index (χ2n) is 6.70. The number of carbonyl (C=O) groups excluding carboxylic acids is 2. The summed E-state index contributed by atoms with van der Waals surface area (Å²) in [6.45, 7) is 4.32. The smallest absolute Gasteiger partial charge is 0.317 e. The Morgan fingerprint density at radius 3 is 2.57 bits per heavy atom. The van der Waals surface area contributed by atoms with Gasteiger partial charge < -0.3 is 29.7 Å². The first-order valence-corrected chi connectivity index (χ1v) is 9.57. The van der Waals surface area contributed by atoms with E-state index in [0.717, 1.165) is 12.0 Å². The number of urea groups is 1. The fraction of sp³-hybridized carbons (Fsp3) is 0.600. The Morgan fingerprint density at radius 2 is 1.93 bits per heavy atom. The number of rotatable bonds is 9. The zero-order chi connectivity index (χ0) is 20.5. The number of nitrogens with one attached hydrogen (secondary N) is 2. The molecule has 8 heteroatoms. The Morgan fingerprint density at radius 1 is 1.14 bits per heavy atom. The molecular weight excluding hydrogens is 362 g/mol. The van der Waals surface area contributed by atoms with E-state index in [9.17, 15) is 9.59 Å². The van der Waals surface area contributed by atoms with Crippen LogP contribution in [0.3, 0.4) is 0 Å². The van der Waals surface area contributed by atoms with Crippen LogP contribution in [0.15, 0.2) is 18.2 Å². The lowest BCUT2D eigenvalue weighted by Crippen LogP contribution is -2.40. The van der Waals surface area contributed by atoms with Gasteiger partial charge in [0.2, 0.25) is 5.91 Å². The summed E-state index contributed by atoms with van der Waals surface area (Å²) in [7, 11) is 4.83. The number of ether oxygens (including phenoxy) is 3. The van der Waals surface area contributed by atoms with Gasteiger partial charge in [-0.25, -0.2) is 4.79 Å². The number of methoxy groups -OCH3 is 3. The molecule has 28 heavy (non-hydrogen) atoms. The fourth-order valence-corrected chi connectivity index (χ4v) is 3.50. The topological polar surface area (TPSA) is 89.1 Å². The van der Waals surface area contributed by atoms with Crippen LogP contribution in [0.5, 0.6) is 11.5 Å². The van der Waals surface area contributed by atoms with Gasteiger partial charge in [-0.3, -0.25) is 4.79 Å². The summed E-state index contributed by atoms with van der Waals surface area (Å²) in [5.74, 6) is 0.742. The van der Waals surface area contributed by atoms with Gasteiger partial charge in [-0.05, 0) is 31.5 Å². The van der Waals surface area contributed by atoms with Crippen molar-refractivity contribution < 1.29 is 23.8 Å². The van der Waals surface area contributed by atoms with Crippen LogP contribution in [0.1, 0.15) is 24.8 Å². The van der Waals surface area contributed by atoms with Crippen LogP contribution in [0.25, 0.3) is 0 Å². The Kier molecular flexibility index (Phi) is 8.38. The van der Waals surface area contributed by atoms with Gasteiger partial charge in [-0.1, -0.05) is 0 Å². The summed E-state index contributed by atoms with van der Waals surface area (Å²) in [6, 6.07) is 5.37. The molecule has 0 aliphatic carbocycles. The highest BCUT2D eigenvalue weighted by molar-refractivity contribution is 5.83. The van der Waals surface area contributed by atoms with Gasteiger partial charge in [0.25, 0.3) is 0 Å². The number of likely N-dealkylation sites (tertiary alicyclic amines) is 1. The van der Waals surface area contributed by atoms with Crippen molar-refractivity contribution in [2.24, 2.45) is 5.92 Å². The highest BCUT2D eigenvalue weighted by Crippen LogP contribution is 2.39. The third kappa shape index (κ3) is 5.28. The maximum atomic E-state index is 12.9. The third-order valence-corrected chi connectivity index (χ3v) is 4.93. The summed E-state index contributed by atoms with van der Waals surface area (Å²) in [6.07, 6.45) is 0.738. The SMILES string of the molecule is CCNC(=O)N1C[C@H](C(=O)NCCCOC)[C@H](c2cc(OC)ccc2OC)C1. The minimum atomic E-state index is -0.369. The zero-order valence-electron chi connectivity index (χ0n) is 17.1. The number of amides is 3. The molecule has 1 aromatic carbocycles. The average Bonchev–Trinajstić information content (AvgIpc) is 3.16. The molecule has 8 nitrogen and oxygen atoms in total. The van der Waals surface area contributed by atoms with E-state index in [0.29, 0.717) is 44.3 Å². The fourth-order valence-electron chi connectivity index (χ4n) is 3.50. The number of nitrogens with zero attached hydrogens (tertiary/aromatic N) is 1. The van der Waals surface area contributed by atoms with Crippen LogP contribution < -0.4 is 20.1 Å². The van der Waals surface area contributed by atoms with Crippen LogP contribution in [-0.2, 0) is 9.53 Å². The molecule has 0 radical (unpaired) electrons. The monoisotopic (exact) mass is 393 g/mol. The van der Waals surface area contributed by atoms with Crippen LogP contribution in [0.4, 0.5) is 4.79 Å². The first-order valence-electron chi connectivity index (χ1n) is 9.57. The van der Waals surface area contributed by atoms with E-state index < -0.39 is 0 Å². The highest BCUT2D eigenvalue weighted by Gasteiger charge is 2.41. The normalized spacial score (nSPS) is 18.6. The second kappa shape index (κ2) is 10.8. The van der Waals surface area contributed by atoms with Crippen molar-refractivity contribution in [2.75, 3.05) is 54.1 Å². The van der Waals surface area contributed by atoms with E-state index in [1.54, 1.807) is 26.2 Å². The van der Waals surface area contributed by atoms with Crippen LogP contribution in [0.2, 0.25) is 0 Å².